The van der Waals surface area contributed by atoms with Crippen LogP contribution in [0.2, 0.25) is 5.02 Å². The topological polar surface area (TPSA) is 105 Å². The summed E-state index contributed by atoms with van der Waals surface area (Å²) in [6.07, 6.45) is 1.43. The van der Waals surface area contributed by atoms with E-state index >= 15 is 0 Å². The maximum Gasteiger partial charge on any atom is 0.263 e. The number of halogens is 1. The standard InChI is InChI=1S/C13H16ClN3O4S3/c1-9-11(14)4-3-5-12(9)24(20,21)17-13-16-10(8-22-13)6-7-15-23(2,18)19/h3-5,8,15H,6-7H2,1-2H3,(H,16,17). The van der Waals surface area contributed by atoms with Crippen molar-refractivity contribution in [2.45, 2.75) is 18.2 Å². The Morgan fingerprint density at radius 1 is 1.25 bits per heavy atom. The first-order valence-electron chi connectivity index (χ1n) is 6.75. The highest BCUT2D eigenvalue weighted by molar-refractivity contribution is 7.93. The van der Waals surface area contributed by atoms with Crippen LogP contribution in [0.1, 0.15) is 11.3 Å². The fourth-order valence-electron chi connectivity index (χ4n) is 1.88. The minimum absolute atomic E-state index is 0.0884. The Labute approximate surface area is 150 Å². The molecular formula is C13H16ClN3O4S3. The average Bonchev–Trinajstić information content (AvgIpc) is 2.87. The van der Waals surface area contributed by atoms with Gasteiger partial charge in [-0.15, -0.1) is 11.3 Å². The first kappa shape index (κ1) is 19.1. The lowest BCUT2D eigenvalue weighted by Gasteiger charge is -2.09. The zero-order valence-corrected chi connectivity index (χ0v) is 16.1. The van der Waals surface area contributed by atoms with Crippen molar-refractivity contribution in [3.8, 4) is 0 Å². The van der Waals surface area contributed by atoms with Gasteiger partial charge in [0.1, 0.15) is 0 Å². The second-order valence-corrected chi connectivity index (χ2v) is 9.78. The predicted molar refractivity (Wildman–Crippen MR) is 95.7 cm³/mol. The summed E-state index contributed by atoms with van der Waals surface area (Å²) in [6, 6.07) is 4.65. The Kier molecular flexibility index (Phi) is 5.87. The number of nitrogens with one attached hydrogen (secondary N) is 2. The molecule has 0 saturated carbocycles. The van der Waals surface area contributed by atoms with Crippen molar-refractivity contribution in [3.63, 3.8) is 0 Å². The highest BCUT2D eigenvalue weighted by Crippen LogP contribution is 2.26. The number of hydrogen-bond donors (Lipinski definition) is 2. The van der Waals surface area contributed by atoms with Crippen molar-refractivity contribution in [3.05, 3.63) is 39.9 Å². The average molecular weight is 410 g/mol. The van der Waals surface area contributed by atoms with Crippen LogP contribution in [0.4, 0.5) is 5.13 Å². The van der Waals surface area contributed by atoms with E-state index in [0.717, 1.165) is 17.6 Å². The third-order valence-corrected chi connectivity index (χ3v) is 6.58. The van der Waals surface area contributed by atoms with E-state index in [2.05, 4.69) is 14.4 Å². The first-order valence-corrected chi connectivity index (χ1v) is 11.4. The molecule has 0 aliphatic rings. The molecule has 0 unspecified atom stereocenters. The summed E-state index contributed by atoms with van der Waals surface area (Å²) in [5.74, 6) is 0. The van der Waals surface area contributed by atoms with Crippen LogP contribution in [0, 0.1) is 6.92 Å². The molecule has 11 heteroatoms. The molecule has 1 aromatic heterocycles. The number of sulfonamides is 2. The van der Waals surface area contributed by atoms with Crippen LogP contribution in [-0.4, -0.2) is 34.6 Å². The highest BCUT2D eigenvalue weighted by Gasteiger charge is 2.19. The molecular weight excluding hydrogens is 394 g/mol. The van der Waals surface area contributed by atoms with E-state index in [1.54, 1.807) is 24.4 Å². The van der Waals surface area contributed by atoms with E-state index in [-0.39, 0.29) is 16.6 Å². The van der Waals surface area contributed by atoms with Crippen LogP contribution in [0.5, 0.6) is 0 Å². The second-order valence-electron chi connectivity index (χ2n) is 5.03. The highest BCUT2D eigenvalue weighted by atomic mass is 35.5. The third kappa shape index (κ3) is 5.15. The van der Waals surface area contributed by atoms with E-state index < -0.39 is 20.0 Å². The number of anilines is 1. The van der Waals surface area contributed by atoms with Gasteiger partial charge in [0.2, 0.25) is 10.0 Å². The van der Waals surface area contributed by atoms with Crippen LogP contribution in [-0.2, 0) is 26.5 Å². The van der Waals surface area contributed by atoms with Gasteiger partial charge in [0.15, 0.2) is 5.13 Å². The monoisotopic (exact) mass is 409 g/mol. The minimum Gasteiger partial charge on any atom is -0.255 e. The number of thiazole rings is 1. The largest absolute Gasteiger partial charge is 0.263 e. The maximum atomic E-state index is 12.4. The number of rotatable bonds is 7. The van der Waals surface area contributed by atoms with Gasteiger partial charge in [-0.3, -0.25) is 4.72 Å². The lowest BCUT2D eigenvalue weighted by molar-refractivity contribution is 0.587. The van der Waals surface area contributed by atoms with Gasteiger partial charge in [0.25, 0.3) is 10.0 Å². The van der Waals surface area contributed by atoms with Crippen LogP contribution >= 0.6 is 22.9 Å². The Morgan fingerprint density at radius 2 is 1.96 bits per heavy atom. The van der Waals surface area contributed by atoms with Crippen LogP contribution < -0.4 is 9.44 Å². The van der Waals surface area contributed by atoms with E-state index in [1.165, 1.54) is 6.07 Å². The molecule has 2 aromatic rings. The molecule has 0 aliphatic carbocycles. The molecule has 0 radical (unpaired) electrons. The third-order valence-electron chi connectivity index (χ3n) is 3.03. The number of aromatic nitrogens is 1. The van der Waals surface area contributed by atoms with Crippen molar-refractivity contribution in [2.75, 3.05) is 17.5 Å². The van der Waals surface area contributed by atoms with E-state index in [4.69, 9.17) is 11.6 Å². The molecule has 0 aliphatic heterocycles. The van der Waals surface area contributed by atoms with Gasteiger partial charge in [-0.2, -0.15) is 0 Å². The predicted octanol–water partition coefficient (Wildman–Crippen LogP) is 2.00. The summed E-state index contributed by atoms with van der Waals surface area (Å²) in [5.41, 5.74) is 1.05. The first-order chi connectivity index (χ1) is 11.1. The van der Waals surface area contributed by atoms with Gasteiger partial charge in [0, 0.05) is 23.4 Å². The summed E-state index contributed by atoms with van der Waals surface area (Å²) in [5, 5.41) is 2.25. The van der Waals surface area contributed by atoms with Crippen LogP contribution in [0.25, 0.3) is 0 Å². The molecule has 132 valence electrons. The number of benzene rings is 1. The Hall–Kier alpha value is -1.20. The second kappa shape index (κ2) is 7.36. The molecule has 0 bridgehead atoms. The van der Waals surface area contributed by atoms with Gasteiger partial charge in [-0.1, -0.05) is 17.7 Å². The van der Waals surface area contributed by atoms with Crippen molar-refractivity contribution < 1.29 is 16.8 Å². The molecule has 7 nitrogen and oxygen atoms in total. The van der Waals surface area contributed by atoms with Gasteiger partial charge in [-0.25, -0.2) is 26.5 Å². The van der Waals surface area contributed by atoms with Gasteiger partial charge < -0.3 is 0 Å². The lowest BCUT2D eigenvalue weighted by Crippen LogP contribution is -2.24. The van der Waals surface area contributed by atoms with Crippen molar-refractivity contribution >= 4 is 48.1 Å². The SMILES string of the molecule is Cc1c(Cl)cccc1S(=O)(=O)Nc1nc(CCNS(C)(=O)=O)cs1. The fourth-order valence-corrected chi connectivity index (χ4v) is 4.85. The Bertz CT molecular complexity index is 939. The fraction of sp³-hybridized carbons (Fsp3) is 0.308. The summed E-state index contributed by atoms with van der Waals surface area (Å²) in [6.45, 7) is 1.82. The normalized spacial score (nSPS) is 12.3. The number of nitrogens with zero attached hydrogens (tertiary/aromatic N) is 1. The molecule has 0 amide bonds. The molecule has 2 N–H and O–H groups in total. The summed E-state index contributed by atoms with van der Waals surface area (Å²) in [7, 11) is -7.05. The number of hydrogen-bond acceptors (Lipinski definition) is 6. The van der Waals surface area contributed by atoms with Crippen LogP contribution in [0.15, 0.2) is 28.5 Å². The zero-order valence-electron chi connectivity index (χ0n) is 12.9. The molecule has 0 fully saturated rings. The summed E-state index contributed by atoms with van der Waals surface area (Å²) >= 11 is 7.09. The van der Waals surface area contributed by atoms with Gasteiger partial charge >= 0.3 is 0 Å². The zero-order chi connectivity index (χ0) is 18.0. The van der Waals surface area contributed by atoms with Crippen molar-refractivity contribution in [2.24, 2.45) is 0 Å². The maximum absolute atomic E-state index is 12.4. The van der Waals surface area contributed by atoms with E-state index in [9.17, 15) is 16.8 Å². The Balaban J connectivity index is 2.10. The Morgan fingerprint density at radius 3 is 2.62 bits per heavy atom. The molecule has 0 spiro atoms. The molecule has 1 aromatic carbocycles. The quantitative estimate of drug-likeness (QED) is 0.727. The van der Waals surface area contributed by atoms with Crippen molar-refractivity contribution in [1.82, 2.24) is 9.71 Å². The van der Waals surface area contributed by atoms with E-state index in [0.29, 0.717) is 22.7 Å². The summed E-state index contributed by atoms with van der Waals surface area (Å²) in [4.78, 5) is 4.24. The van der Waals surface area contributed by atoms with Gasteiger partial charge in [0.05, 0.1) is 16.8 Å². The van der Waals surface area contributed by atoms with E-state index in [1.807, 2.05) is 0 Å². The molecule has 2 rings (SSSR count). The summed E-state index contributed by atoms with van der Waals surface area (Å²) < 4.78 is 51.6. The smallest absolute Gasteiger partial charge is 0.255 e. The molecule has 1 heterocycles. The minimum atomic E-state index is -3.79. The lowest BCUT2D eigenvalue weighted by atomic mass is 10.2. The van der Waals surface area contributed by atoms with Gasteiger partial charge in [-0.05, 0) is 24.6 Å². The van der Waals surface area contributed by atoms with Crippen LogP contribution in [0.3, 0.4) is 0 Å². The molecule has 0 atom stereocenters. The molecule has 0 saturated heterocycles. The van der Waals surface area contributed by atoms with Crippen molar-refractivity contribution in [1.29, 1.82) is 0 Å². The molecule has 24 heavy (non-hydrogen) atoms.